The lowest BCUT2D eigenvalue weighted by Crippen LogP contribution is -2.24. The van der Waals surface area contributed by atoms with Gasteiger partial charge in [-0.05, 0) is 12.1 Å². The van der Waals surface area contributed by atoms with Crippen molar-refractivity contribution in [1.82, 2.24) is 0 Å². The Labute approximate surface area is 116 Å². The topological polar surface area (TPSA) is 72.8 Å². The van der Waals surface area contributed by atoms with Crippen LogP contribution in [-0.4, -0.2) is 36.4 Å². The molecule has 0 spiro atoms. The monoisotopic (exact) mass is 310 g/mol. The fourth-order valence-electron chi connectivity index (χ4n) is 1.20. The zero-order valence-corrected chi connectivity index (χ0v) is 10.7. The van der Waals surface area contributed by atoms with Gasteiger partial charge in [-0.2, -0.15) is 13.2 Å². The SMILES string of the molecule is O=C(COc1cccc(S)c1C(=O)O)OCC(F)(F)F. The Morgan fingerprint density at radius 1 is 1.30 bits per heavy atom. The molecule has 1 aromatic carbocycles. The Balaban J connectivity index is 2.64. The van der Waals surface area contributed by atoms with Crippen molar-refractivity contribution < 1.29 is 37.3 Å². The normalized spacial score (nSPS) is 11.0. The highest BCUT2D eigenvalue weighted by Gasteiger charge is 2.29. The molecule has 0 fully saturated rings. The first-order valence-corrected chi connectivity index (χ1v) is 5.56. The van der Waals surface area contributed by atoms with Crippen molar-refractivity contribution in [3.05, 3.63) is 23.8 Å². The second-order valence-corrected chi connectivity index (χ2v) is 4.00. The number of rotatable bonds is 5. The van der Waals surface area contributed by atoms with Gasteiger partial charge in [0, 0.05) is 4.90 Å². The number of carboxylic acid groups (broad SMARTS) is 1. The minimum Gasteiger partial charge on any atom is -0.481 e. The summed E-state index contributed by atoms with van der Waals surface area (Å²) < 4.78 is 44.1. The van der Waals surface area contributed by atoms with Crippen molar-refractivity contribution in [3.63, 3.8) is 0 Å². The van der Waals surface area contributed by atoms with E-state index in [2.05, 4.69) is 17.4 Å². The van der Waals surface area contributed by atoms with E-state index in [0.29, 0.717) is 0 Å². The minimum atomic E-state index is -4.63. The summed E-state index contributed by atoms with van der Waals surface area (Å²) in [4.78, 5) is 22.1. The van der Waals surface area contributed by atoms with Crippen LogP contribution >= 0.6 is 12.6 Å². The predicted octanol–water partition coefficient (Wildman–Crippen LogP) is 2.16. The molecule has 0 aromatic heterocycles. The van der Waals surface area contributed by atoms with Crippen molar-refractivity contribution in [2.45, 2.75) is 11.1 Å². The van der Waals surface area contributed by atoms with Gasteiger partial charge in [0.1, 0.15) is 11.3 Å². The molecule has 0 bridgehead atoms. The zero-order chi connectivity index (χ0) is 15.3. The number of hydrogen-bond donors (Lipinski definition) is 2. The summed E-state index contributed by atoms with van der Waals surface area (Å²) in [6.45, 7) is -2.57. The molecule has 5 nitrogen and oxygen atoms in total. The van der Waals surface area contributed by atoms with Gasteiger partial charge in [-0.1, -0.05) is 6.07 Å². The first kappa shape index (κ1) is 16.2. The molecule has 0 aliphatic carbocycles. The highest BCUT2D eigenvalue weighted by molar-refractivity contribution is 7.80. The molecule has 0 aliphatic rings. The molecule has 0 radical (unpaired) electrons. The van der Waals surface area contributed by atoms with Crippen molar-refractivity contribution in [2.75, 3.05) is 13.2 Å². The summed E-state index contributed by atoms with van der Waals surface area (Å²) in [5, 5.41) is 8.93. The highest BCUT2D eigenvalue weighted by Crippen LogP contribution is 2.25. The van der Waals surface area contributed by atoms with Crippen LogP contribution in [-0.2, 0) is 9.53 Å². The van der Waals surface area contributed by atoms with E-state index in [4.69, 9.17) is 9.84 Å². The first-order valence-electron chi connectivity index (χ1n) is 5.11. The molecule has 1 N–H and O–H groups in total. The van der Waals surface area contributed by atoms with Gasteiger partial charge in [0.05, 0.1) is 0 Å². The van der Waals surface area contributed by atoms with Gasteiger partial charge >= 0.3 is 18.1 Å². The lowest BCUT2D eigenvalue weighted by molar-refractivity contribution is -0.187. The number of benzene rings is 1. The molecule has 0 amide bonds. The highest BCUT2D eigenvalue weighted by atomic mass is 32.1. The summed E-state index contributed by atoms with van der Waals surface area (Å²) in [6, 6.07) is 4.06. The average molecular weight is 310 g/mol. The van der Waals surface area contributed by atoms with Gasteiger partial charge in [-0.3, -0.25) is 0 Å². The maximum absolute atomic E-state index is 11.8. The Morgan fingerprint density at radius 3 is 2.50 bits per heavy atom. The van der Waals surface area contributed by atoms with Crippen LogP contribution in [0.15, 0.2) is 23.1 Å². The minimum absolute atomic E-state index is 0.0960. The lowest BCUT2D eigenvalue weighted by Gasteiger charge is -2.11. The quantitative estimate of drug-likeness (QED) is 0.644. The van der Waals surface area contributed by atoms with Crippen molar-refractivity contribution in [3.8, 4) is 5.75 Å². The number of esters is 1. The third kappa shape index (κ3) is 5.00. The summed E-state index contributed by atoms with van der Waals surface area (Å²) in [5.74, 6) is -2.79. The number of hydrogen-bond acceptors (Lipinski definition) is 5. The number of ether oxygens (including phenoxy) is 2. The molecule has 0 saturated heterocycles. The van der Waals surface area contributed by atoms with Crippen LogP contribution in [0.3, 0.4) is 0 Å². The summed E-state index contributed by atoms with van der Waals surface area (Å²) in [5.41, 5.74) is -0.292. The van der Waals surface area contributed by atoms with E-state index in [-0.39, 0.29) is 16.2 Å². The number of carboxylic acids is 1. The molecule has 1 aromatic rings. The standard InChI is InChI=1S/C11H9F3O5S/c12-11(13,14)5-19-8(15)4-18-6-2-1-3-7(20)9(6)10(16)17/h1-3,20H,4-5H2,(H,16,17). The van der Waals surface area contributed by atoms with Gasteiger partial charge in [0.25, 0.3) is 0 Å². The van der Waals surface area contributed by atoms with Crippen LogP contribution < -0.4 is 4.74 Å². The number of halogens is 3. The van der Waals surface area contributed by atoms with E-state index >= 15 is 0 Å². The molecule has 9 heteroatoms. The number of carbonyl (C=O) groups excluding carboxylic acids is 1. The van der Waals surface area contributed by atoms with Gasteiger partial charge in [0.15, 0.2) is 13.2 Å². The molecule has 110 valence electrons. The van der Waals surface area contributed by atoms with Gasteiger partial charge in [-0.25, -0.2) is 9.59 Å². The van der Waals surface area contributed by atoms with Crippen molar-refractivity contribution >= 4 is 24.6 Å². The lowest BCUT2D eigenvalue weighted by atomic mass is 10.2. The van der Waals surface area contributed by atoms with Crippen molar-refractivity contribution in [1.29, 1.82) is 0 Å². The van der Waals surface area contributed by atoms with E-state index in [0.717, 1.165) is 0 Å². The van der Waals surface area contributed by atoms with E-state index in [1.54, 1.807) is 0 Å². The third-order valence-electron chi connectivity index (χ3n) is 1.96. The van der Waals surface area contributed by atoms with Crippen LogP contribution in [0, 0.1) is 0 Å². The third-order valence-corrected chi connectivity index (χ3v) is 2.33. The average Bonchev–Trinajstić information content (AvgIpc) is 2.32. The molecular formula is C11H9F3O5S. The second kappa shape index (κ2) is 6.51. The summed E-state index contributed by atoms with van der Waals surface area (Å²) >= 11 is 3.90. The van der Waals surface area contributed by atoms with E-state index < -0.39 is 31.3 Å². The van der Waals surface area contributed by atoms with Gasteiger partial charge in [0.2, 0.25) is 0 Å². The van der Waals surface area contributed by atoms with E-state index in [9.17, 15) is 22.8 Å². The van der Waals surface area contributed by atoms with Crippen LogP contribution in [0.2, 0.25) is 0 Å². The Kier molecular flexibility index (Phi) is 5.26. The Bertz CT molecular complexity index is 515. The predicted molar refractivity (Wildman–Crippen MR) is 63.2 cm³/mol. The second-order valence-electron chi connectivity index (χ2n) is 3.52. The number of carbonyl (C=O) groups is 2. The fourth-order valence-corrected chi connectivity index (χ4v) is 1.49. The Morgan fingerprint density at radius 2 is 1.95 bits per heavy atom. The molecule has 0 unspecified atom stereocenters. The number of thiol groups is 1. The maximum atomic E-state index is 11.8. The van der Waals surface area contributed by atoms with Crippen LogP contribution in [0.4, 0.5) is 13.2 Å². The molecule has 1 rings (SSSR count). The number of aromatic carboxylic acids is 1. The summed E-state index contributed by atoms with van der Waals surface area (Å²) in [7, 11) is 0. The zero-order valence-electron chi connectivity index (χ0n) is 9.81. The van der Waals surface area contributed by atoms with Crippen LogP contribution in [0.25, 0.3) is 0 Å². The van der Waals surface area contributed by atoms with Gasteiger partial charge < -0.3 is 14.6 Å². The van der Waals surface area contributed by atoms with E-state index in [1.807, 2.05) is 0 Å². The van der Waals surface area contributed by atoms with Crippen LogP contribution in [0.1, 0.15) is 10.4 Å². The smallest absolute Gasteiger partial charge is 0.422 e. The van der Waals surface area contributed by atoms with Crippen LogP contribution in [0.5, 0.6) is 5.75 Å². The fraction of sp³-hybridized carbons (Fsp3) is 0.273. The molecular weight excluding hydrogens is 301 g/mol. The van der Waals surface area contributed by atoms with Crippen molar-refractivity contribution in [2.24, 2.45) is 0 Å². The summed E-state index contributed by atoms with van der Waals surface area (Å²) in [6.07, 6.45) is -4.63. The number of alkyl halides is 3. The van der Waals surface area contributed by atoms with E-state index in [1.165, 1.54) is 18.2 Å². The van der Waals surface area contributed by atoms with Gasteiger partial charge in [-0.15, -0.1) is 12.6 Å². The molecule has 0 aliphatic heterocycles. The Hall–Kier alpha value is -1.90. The largest absolute Gasteiger partial charge is 0.481 e. The maximum Gasteiger partial charge on any atom is 0.422 e. The molecule has 0 atom stereocenters. The first-order chi connectivity index (χ1) is 9.20. The molecule has 0 saturated carbocycles. The molecule has 0 heterocycles. The molecule has 20 heavy (non-hydrogen) atoms.